The van der Waals surface area contributed by atoms with Crippen LogP contribution in [0.15, 0.2) is 232 Å². The fourth-order valence-electron chi connectivity index (χ4n) is 9.26. The molecule has 0 aliphatic carbocycles. The first-order valence-electron chi connectivity index (χ1n) is 28.2. The normalized spacial score (nSPS) is 10.4. The highest BCUT2D eigenvalue weighted by Gasteiger charge is 2.27. The van der Waals surface area contributed by atoms with Crippen molar-refractivity contribution in [2.24, 2.45) is 0 Å². The number of benzene rings is 6. The first-order valence-corrected chi connectivity index (χ1v) is 28.2. The molecule has 0 spiro atoms. The summed E-state index contributed by atoms with van der Waals surface area (Å²) >= 11 is 0. The molecule has 90 heavy (non-hydrogen) atoms. The van der Waals surface area contributed by atoms with Crippen LogP contribution in [0.3, 0.4) is 0 Å². The molecule has 0 saturated carbocycles. The van der Waals surface area contributed by atoms with E-state index in [1.807, 2.05) is 182 Å². The van der Waals surface area contributed by atoms with Crippen molar-refractivity contribution in [1.29, 1.82) is 0 Å². The number of hydrogen-bond acceptors (Lipinski definition) is 16. The van der Waals surface area contributed by atoms with Gasteiger partial charge in [0, 0.05) is 66.5 Å². The van der Waals surface area contributed by atoms with Crippen molar-refractivity contribution >= 4 is 41.7 Å². The van der Waals surface area contributed by atoms with Gasteiger partial charge in [-0.3, -0.25) is 33.6 Å². The number of ketones is 3. The third-order valence-electron chi connectivity index (χ3n) is 13.4. The quantitative estimate of drug-likeness (QED) is 0.0261. The minimum atomic E-state index is -0.659. The number of nitrogens with one attached hydrogen (secondary N) is 3. The summed E-state index contributed by atoms with van der Waals surface area (Å²) in [7, 11) is 0. The zero-order valence-corrected chi connectivity index (χ0v) is 49.0. The maximum absolute atomic E-state index is 13.3. The molecule has 0 atom stereocenters. The van der Waals surface area contributed by atoms with Crippen molar-refractivity contribution in [3.63, 3.8) is 0 Å². The second kappa shape index (κ2) is 33.7. The fourth-order valence-corrected chi connectivity index (χ4v) is 9.26. The van der Waals surface area contributed by atoms with Gasteiger partial charge in [-0.15, -0.1) is 6.42 Å². The molecule has 10 aromatic rings. The number of carbonyl (C=O) groups is 6. The van der Waals surface area contributed by atoms with E-state index in [1.54, 1.807) is 19.8 Å². The molecular formula is C71H61N7O12. The Kier molecular flexibility index (Phi) is 24.6. The smallest absolute Gasteiger partial charge is 0.384 e. The van der Waals surface area contributed by atoms with E-state index in [2.05, 4.69) is 52.8 Å². The van der Waals surface area contributed by atoms with Crippen molar-refractivity contribution in [3.8, 4) is 23.9 Å². The Bertz CT molecular complexity index is 3990. The number of rotatable bonds is 21. The molecule has 0 radical (unpaired) electrons. The van der Waals surface area contributed by atoms with Crippen LogP contribution < -0.4 is 16.7 Å². The Labute approximate surface area is 517 Å². The molecule has 0 bridgehead atoms. The van der Waals surface area contributed by atoms with Gasteiger partial charge >= 0.3 is 11.9 Å². The summed E-state index contributed by atoms with van der Waals surface area (Å²) in [4.78, 5) is 128. The lowest BCUT2D eigenvalue weighted by Crippen LogP contribution is -2.23. The zero-order chi connectivity index (χ0) is 64.2. The van der Waals surface area contributed by atoms with Crippen LogP contribution >= 0.6 is 0 Å². The second-order valence-corrected chi connectivity index (χ2v) is 19.5. The van der Waals surface area contributed by atoms with Crippen LogP contribution in [0.4, 0.5) is 0 Å². The standard InChI is InChI=1S/C25H21N3O5.C21H18N2O2.C20H16N2O3.C5H6O2/c1-2-32-25(31)21-14-19(28-33-21)23-26-15-18(24(30)27-23)13-20(29)22(16-9-5-3-6-10-16)17-11-7-4-8-12-17;1-2-19-22-14-17(21(25)23-19)13-18(24)20(15-9-5-3-6-10-15)16-11-7-4-8-12-16;23-13-18-21-12-16(20(25)22-18)11-17(24)19(14-7-3-1-4-8-14)15-9-5-2-6-10-15;1-3-5(6)7-4-2/h3-12,14-15,22H,2,13H2,1H3,(H,26,27,30);2-12,14,20H,1,13H2,(H,22,23,25);1-10,12-13,19H,11H2,(H,21,22,25);1H,4H2,2H3. The van der Waals surface area contributed by atoms with Gasteiger partial charge in [0.1, 0.15) is 28.9 Å². The largest absolute Gasteiger partial charge is 0.460 e. The lowest BCUT2D eigenvalue weighted by molar-refractivity contribution is -0.136. The van der Waals surface area contributed by atoms with Crippen molar-refractivity contribution in [2.75, 3.05) is 13.2 Å². The maximum Gasteiger partial charge on any atom is 0.384 e. The number of H-pyrrole nitrogens is 3. The van der Waals surface area contributed by atoms with E-state index in [9.17, 15) is 43.2 Å². The third-order valence-corrected chi connectivity index (χ3v) is 13.4. The Balaban J connectivity index is 0.000000184. The van der Waals surface area contributed by atoms with Crippen molar-refractivity contribution in [2.45, 2.75) is 50.9 Å². The van der Waals surface area contributed by atoms with E-state index in [4.69, 9.17) is 9.26 Å². The van der Waals surface area contributed by atoms with Gasteiger partial charge in [0.25, 0.3) is 16.7 Å². The van der Waals surface area contributed by atoms with E-state index in [0.29, 0.717) is 24.3 Å². The molecule has 10 rings (SSSR count). The van der Waals surface area contributed by atoms with Crippen LogP contribution in [0.25, 0.3) is 17.6 Å². The predicted octanol–water partition coefficient (Wildman–Crippen LogP) is 9.61. The van der Waals surface area contributed by atoms with Gasteiger partial charge in [-0.25, -0.2) is 24.5 Å². The summed E-state index contributed by atoms with van der Waals surface area (Å²) in [5.74, 6) is -0.746. The SMILES string of the molecule is C#CC(=O)OCC.C=Cc1ncc(CC(=O)C(c2ccccc2)c2ccccc2)c(=O)[nH]1.CCOC(=O)c1cc(-c2ncc(CC(=O)C(c3ccccc3)c3ccccc3)c(=O)[nH]2)no1.O=Cc1ncc(CC(=O)C(c2ccccc2)c2ccccc2)c(=O)[nH]1. The molecule has 4 heterocycles. The molecule has 0 aliphatic rings. The Morgan fingerprint density at radius 2 is 0.844 bits per heavy atom. The third kappa shape index (κ3) is 18.5. The molecule has 0 aliphatic heterocycles. The number of Topliss-reactive ketones (excluding diaryl/α,β-unsaturated/α-hetero) is 3. The van der Waals surface area contributed by atoms with Gasteiger partial charge in [0.2, 0.25) is 5.76 Å². The first kappa shape index (κ1) is 65.6. The molecule has 19 nitrogen and oxygen atoms in total. The lowest BCUT2D eigenvalue weighted by Gasteiger charge is -2.17. The van der Waals surface area contributed by atoms with Crippen molar-refractivity contribution in [1.82, 2.24) is 35.1 Å². The van der Waals surface area contributed by atoms with Gasteiger partial charge in [-0.05, 0) is 53.3 Å². The number of terminal acetylenes is 1. The van der Waals surface area contributed by atoms with Crippen molar-refractivity contribution in [3.05, 3.63) is 312 Å². The van der Waals surface area contributed by atoms with Crippen LogP contribution in [-0.2, 0) is 47.9 Å². The van der Waals surface area contributed by atoms with E-state index in [0.717, 1.165) is 33.4 Å². The molecule has 3 N–H and O–H groups in total. The maximum atomic E-state index is 13.3. The lowest BCUT2D eigenvalue weighted by atomic mass is 9.85. The zero-order valence-electron chi connectivity index (χ0n) is 49.0. The predicted molar refractivity (Wildman–Crippen MR) is 337 cm³/mol. The molecule has 4 aromatic heterocycles. The Hall–Kier alpha value is -11.9. The molecule has 0 saturated heterocycles. The minimum Gasteiger partial charge on any atom is -0.460 e. The Morgan fingerprint density at radius 1 is 0.511 bits per heavy atom. The van der Waals surface area contributed by atoms with Crippen LogP contribution in [0.2, 0.25) is 0 Å². The molecule has 19 heteroatoms. The van der Waals surface area contributed by atoms with Crippen molar-refractivity contribution < 1.29 is 42.8 Å². The van der Waals surface area contributed by atoms with Crippen LogP contribution in [0, 0.1) is 12.3 Å². The number of nitrogens with zero attached hydrogens (tertiary/aromatic N) is 4. The first-order chi connectivity index (χ1) is 43.7. The van der Waals surface area contributed by atoms with E-state index < -0.39 is 40.8 Å². The summed E-state index contributed by atoms with van der Waals surface area (Å²) < 4.78 is 14.1. The van der Waals surface area contributed by atoms with E-state index in [-0.39, 0.29) is 83.0 Å². The van der Waals surface area contributed by atoms with E-state index in [1.165, 1.54) is 30.7 Å². The van der Waals surface area contributed by atoms with Gasteiger partial charge in [0.15, 0.2) is 17.9 Å². The number of ether oxygens (including phenoxy) is 2. The number of aromatic nitrogens is 7. The highest BCUT2D eigenvalue weighted by Crippen LogP contribution is 2.29. The molecule has 0 unspecified atom stereocenters. The summed E-state index contributed by atoms with van der Waals surface area (Å²) in [6.45, 7) is 7.49. The summed E-state index contributed by atoms with van der Waals surface area (Å²) in [5.41, 5.74) is 5.02. The number of aldehydes is 1. The van der Waals surface area contributed by atoms with Crippen LogP contribution in [-0.4, -0.2) is 83.8 Å². The summed E-state index contributed by atoms with van der Waals surface area (Å²) in [5, 5.41) is 3.75. The molecule has 0 fully saturated rings. The average Bonchev–Trinajstić information content (AvgIpc) is 2.60. The number of hydrogen-bond donors (Lipinski definition) is 3. The highest BCUT2D eigenvalue weighted by molar-refractivity contribution is 5.92. The molecule has 0 amide bonds. The number of carbonyl (C=O) groups excluding carboxylic acids is 6. The number of aromatic amines is 3. The molecule has 452 valence electrons. The topological polar surface area (TPSA) is 284 Å². The molecular weight excluding hydrogens is 1140 g/mol. The minimum absolute atomic E-state index is 0.0220. The van der Waals surface area contributed by atoms with Gasteiger partial charge in [-0.2, -0.15) is 0 Å². The number of esters is 2. The van der Waals surface area contributed by atoms with E-state index >= 15 is 0 Å². The highest BCUT2D eigenvalue weighted by atomic mass is 16.6. The second-order valence-electron chi connectivity index (χ2n) is 19.5. The summed E-state index contributed by atoms with van der Waals surface area (Å²) in [6, 6.07) is 58.3. The van der Waals surface area contributed by atoms with Crippen LogP contribution in [0.1, 0.15) is 109 Å². The summed E-state index contributed by atoms with van der Waals surface area (Å²) in [6.07, 6.45) is 10.5. The fraction of sp³-hybridized carbons (Fsp3) is 0.141. The van der Waals surface area contributed by atoms with Gasteiger partial charge < -0.3 is 28.9 Å². The Morgan fingerprint density at radius 3 is 1.14 bits per heavy atom. The molecule has 6 aromatic carbocycles. The van der Waals surface area contributed by atoms with Crippen LogP contribution in [0.5, 0.6) is 0 Å². The average molecular weight is 1200 g/mol. The van der Waals surface area contributed by atoms with Gasteiger partial charge in [0.05, 0.1) is 31.0 Å². The monoisotopic (exact) mass is 1200 g/mol. The van der Waals surface area contributed by atoms with Gasteiger partial charge in [-0.1, -0.05) is 194 Å².